The summed E-state index contributed by atoms with van der Waals surface area (Å²) in [6, 6.07) is 6.08. The molecule has 0 spiro atoms. The number of hydrogen-bond acceptors (Lipinski definition) is 6. The molecule has 3 N–H and O–H groups in total. The van der Waals surface area contributed by atoms with Crippen LogP contribution in [0.3, 0.4) is 0 Å². The highest BCUT2D eigenvalue weighted by Crippen LogP contribution is 2.27. The van der Waals surface area contributed by atoms with E-state index < -0.39 is 54.7 Å². The highest BCUT2D eigenvalue weighted by Gasteiger charge is 2.33. The lowest BCUT2D eigenvalue weighted by atomic mass is 9.84. The van der Waals surface area contributed by atoms with Crippen LogP contribution in [0, 0.1) is 5.92 Å². The van der Waals surface area contributed by atoms with Crippen LogP contribution in [0.2, 0.25) is 0 Å². The van der Waals surface area contributed by atoms with Crippen molar-refractivity contribution in [3.05, 3.63) is 35.9 Å². The maximum atomic E-state index is 12.9. The molecule has 180 valence electrons. The third-order valence-electron chi connectivity index (χ3n) is 5.52. The number of aliphatic carboxylic acids is 1. The summed E-state index contributed by atoms with van der Waals surface area (Å²) in [6.07, 6.45) is 3.31. The molecule has 2 atom stereocenters. The number of ketones is 2. The minimum atomic E-state index is -1.73. The molecule has 1 aliphatic carbocycles. The van der Waals surface area contributed by atoms with E-state index in [1.807, 2.05) is 6.07 Å². The fourth-order valence-corrected chi connectivity index (χ4v) is 3.81. The second-order valence-electron chi connectivity index (χ2n) is 8.08. The molecule has 0 radical (unpaired) electrons. The number of carboxylic acids is 1. The molecule has 1 aliphatic rings. The molecule has 0 aliphatic heterocycles. The SMILES string of the molecule is O=C(O)CC(NC(=O)C(CC1CCCCC1)NC(=O)OCc1ccccc1)C(=O)C(=O)CF. The van der Waals surface area contributed by atoms with Crippen molar-refractivity contribution >= 4 is 29.5 Å². The zero-order valence-corrected chi connectivity index (χ0v) is 18.3. The molecule has 33 heavy (non-hydrogen) atoms. The molecule has 0 saturated heterocycles. The third kappa shape index (κ3) is 8.99. The minimum Gasteiger partial charge on any atom is -0.481 e. The Hall–Kier alpha value is -3.30. The van der Waals surface area contributed by atoms with Gasteiger partial charge in [0, 0.05) is 0 Å². The van der Waals surface area contributed by atoms with Gasteiger partial charge in [0.05, 0.1) is 6.42 Å². The topological polar surface area (TPSA) is 139 Å². The number of Topliss-reactive ketones (excluding diaryl/α,β-unsaturated/α-hetero) is 2. The summed E-state index contributed by atoms with van der Waals surface area (Å²) in [5.74, 6) is -4.90. The summed E-state index contributed by atoms with van der Waals surface area (Å²) in [6.45, 7) is -1.62. The van der Waals surface area contributed by atoms with Crippen molar-refractivity contribution in [2.45, 2.75) is 63.6 Å². The number of carbonyl (C=O) groups is 5. The first-order valence-electron chi connectivity index (χ1n) is 10.9. The lowest BCUT2D eigenvalue weighted by molar-refractivity contribution is -0.143. The first-order valence-corrected chi connectivity index (χ1v) is 10.9. The molecule has 1 fully saturated rings. The van der Waals surface area contributed by atoms with Gasteiger partial charge in [-0.3, -0.25) is 19.2 Å². The van der Waals surface area contributed by atoms with E-state index in [9.17, 15) is 28.4 Å². The Kier molecular flexibility index (Phi) is 10.5. The lowest BCUT2D eigenvalue weighted by Crippen LogP contribution is -2.54. The van der Waals surface area contributed by atoms with Crippen LogP contribution in [0.1, 0.15) is 50.5 Å². The second-order valence-corrected chi connectivity index (χ2v) is 8.08. The van der Waals surface area contributed by atoms with E-state index in [2.05, 4.69) is 10.6 Å². The number of carboxylic acid groups (broad SMARTS) is 1. The molecule has 1 saturated carbocycles. The first kappa shape index (κ1) is 26.0. The molecule has 0 aromatic heterocycles. The predicted octanol–water partition coefficient (Wildman–Crippen LogP) is 2.32. The Morgan fingerprint density at radius 3 is 2.27 bits per heavy atom. The minimum absolute atomic E-state index is 0.0183. The smallest absolute Gasteiger partial charge is 0.408 e. The number of rotatable bonds is 12. The van der Waals surface area contributed by atoms with Gasteiger partial charge in [-0.2, -0.15) is 0 Å². The second kappa shape index (κ2) is 13.3. The summed E-state index contributed by atoms with van der Waals surface area (Å²) < 4.78 is 17.8. The van der Waals surface area contributed by atoms with Gasteiger partial charge in [0.15, 0.2) is 6.67 Å². The standard InChI is InChI=1S/C23H29FN2O7/c24-13-19(27)21(30)17(12-20(28)29)25-22(31)18(11-15-7-3-1-4-8-15)26-23(32)33-14-16-9-5-2-6-10-16/h2,5-6,9-10,15,17-18H,1,3-4,7-8,11-14H2,(H,25,31)(H,26,32)(H,28,29). The molecular weight excluding hydrogens is 435 g/mol. The molecule has 10 heteroatoms. The summed E-state index contributed by atoms with van der Waals surface area (Å²) >= 11 is 0. The first-order chi connectivity index (χ1) is 15.8. The average Bonchev–Trinajstić information content (AvgIpc) is 2.82. The Balaban J connectivity index is 2.08. The summed E-state index contributed by atoms with van der Waals surface area (Å²) in [5, 5.41) is 13.7. The number of alkyl halides is 1. The van der Waals surface area contributed by atoms with E-state index in [-0.39, 0.29) is 18.9 Å². The summed E-state index contributed by atoms with van der Waals surface area (Å²) in [7, 11) is 0. The summed E-state index contributed by atoms with van der Waals surface area (Å²) in [5.41, 5.74) is 0.748. The molecular formula is C23H29FN2O7. The van der Waals surface area contributed by atoms with Gasteiger partial charge in [0.1, 0.15) is 18.7 Å². The van der Waals surface area contributed by atoms with Gasteiger partial charge >= 0.3 is 12.1 Å². The maximum Gasteiger partial charge on any atom is 0.408 e. The van der Waals surface area contributed by atoms with E-state index in [1.165, 1.54) is 0 Å². The van der Waals surface area contributed by atoms with Crippen LogP contribution in [0.25, 0.3) is 0 Å². The van der Waals surface area contributed by atoms with Crippen LogP contribution < -0.4 is 10.6 Å². The van der Waals surface area contributed by atoms with E-state index in [0.29, 0.717) is 0 Å². The number of benzene rings is 1. The fraction of sp³-hybridized carbons (Fsp3) is 0.522. The van der Waals surface area contributed by atoms with E-state index in [1.54, 1.807) is 24.3 Å². The van der Waals surface area contributed by atoms with E-state index in [0.717, 1.165) is 37.7 Å². The van der Waals surface area contributed by atoms with Crippen molar-refractivity contribution in [2.75, 3.05) is 6.67 Å². The zero-order valence-electron chi connectivity index (χ0n) is 18.3. The van der Waals surface area contributed by atoms with Crippen LogP contribution in [-0.2, 0) is 30.5 Å². The predicted molar refractivity (Wildman–Crippen MR) is 115 cm³/mol. The monoisotopic (exact) mass is 464 g/mol. The van der Waals surface area contributed by atoms with Crippen molar-refractivity contribution in [1.29, 1.82) is 0 Å². The number of amides is 2. The van der Waals surface area contributed by atoms with Crippen molar-refractivity contribution in [2.24, 2.45) is 5.92 Å². The van der Waals surface area contributed by atoms with Crippen LogP contribution in [0.15, 0.2) is 30.3 Å². The molecule has 1 aromatic carbocycles. The van der Waals surface area contributed by atoms with Crippen LogP contribution in [0.5, 0.6) is 0 Å². The average molecular weight is 464 g/mol. The lowest BCUT2D eigenvalue weighted by Gasteiger charge is -2.27. The number of nitrogens with one attached hydrogen (secondary N) is 2. The Bertz CT molecular complexity index is 840. The van der Waals surface area contributed by atoms with Crippen molar-refractivity contribution in [3.63, 3.8) is 0 Å². The van der Waals surface area contributed by atoms with Gasteiger partial charge in [-0.15, -0.1) is 0 Å². The van der Waals surface area contributed by atoms with Gasteiger partial charge in [0.2, 0.25) is 17.5 Å². The van der Waals surface area contributed by atoms with E-state index >= 15 is 0 Å². The van der Waals surface area contributed by atoms with Crippen molar-refractivity contribution in [3.8, 4) is 0 Å². The van der Waals surface area contributed by atoms with Crippen LogP contribution in [-0.4, -0.2) is 53.4 Å². The quantitative estimate of drug-likeness (QED) is 0.404. The van der Waals surface area contributed by atoms with Gasteiger partial charge in [-0.25, -0.2) is 9.18 Å². The number of carbonyl (C=O) groups excluding carboxylic acids is 4. The molecule has 2 amide bonds. The van der Waals surface area contributed by atoms with Crippen LogP contribution >= 0.6 is 0 Å². The molecule has 2 rings (SSSR count). The molecule has 9 nitrogen and oxygen atoms in total. The van der Waals surface area contributed by atoms with Gasteiger partial charge in [-0.05, 0) is 17.9 Å². The molecule has 0 bridgehead atoms. The van der Waals surface area contributed by atoms with Crippen molar-refractivity contribution < 1.29 is 38.2 Å². The summed E-state index contributed by atoms with van der Waals surface area (Å²) in [4.78, 5) is 59.8. The molecule has 2 unspecified atom stereocenters. The number of ether oxygens (including phenoxy) is 1. The van der Waals surface area contributed by atoms with Gasteiger partial charge < -0.3 is 20.5 Å². The maximum absolute atomic E-state index is 12.9. The fourth-order valence-electron chi connectivity index (χ4n) is 3.81. The molecule has 0 heterocycles. The van der Waals surface area contributed by atoms with Gasteiger partial charge in [0.25, 0.3) is 0 Å². The number of alkyl carbamates (subject to hydrolysis) is 1. The van der Waals surface area contributed by atoms with Gasteiger partial charge in [-0.1, -0.05) is 62.4 Å². The molecule has 1 aromatic rings. The third-order valence-corrected chi connectivity index (χ3v) is 5.52. The largest absolute Gasteiger partial charge is 0.481 e. The Labute approximate surface area is 191 Å². The highest BCUT2D eigenvalue weighted by molar-refractivity contribution is 6.40. The number of hydrogen-bond donors (Lipinski definition) is 3. The van der Waals surface area contributed by atoms with Crippen LogP contribution in [0.4, 0.5) is 9.18 Å². The Morgan fingerprint density at radius 1 is 1.00 bits per heavy atom. The van der Waals surface area contributed by atoms with E-state index in [4.69, 9.17) is 9.84 Å². The number of halogens is 1. The highest BCUT2D eigenvalue weighted by atomic mass is 19.1. The zero-order chi connectivity index (χ0) is 24.2. The van der Waals surface area contributed by atoms with Crippen molar-refractivity contribution in [1.82, 2.24) is 10.6 Å². The normalized spacial score (nSPS) is 15.7. The Morgan fingerprint density at radius 2 is 1.67 bits per heavy atom.